The van der Waals surface area contributed by atoms with Crippen LogP contribution in [0.25, 0.3) is 0 Å². The molecule has 28 valence electrons. The third-order valence-electron chi connectivity index (χ3n) is 0.333. The predicted molar refractivity (Wildman–Crippen MR) is 20.5 cm³/mol. The first kappa shape index (κ1) is 9.25. The maximum absolute atomic E-state index is 2.00. The van der Waals surface area contributed by atoms with E-state index < -0.39 is 0 Å². The van der Waals surface area contributed by atoms with Crippen molar-refractivity contribution in [3.8, 4) is 0 Å². The minimum atomic E-state index is 0. The number of rotatable bonds is 0. The van der Waals surface area contributed by atoms with Crippen LogP contribution in [0.1, 0.15) is 13.8 Å². The fourth-order valence-corrected chi connectivity index (χ4v) is 0. The largest absolute Gasteiger partial charge is 0.0919 e. The summed E-state index contributed by atoms with van der Waals surface area (Å²) in [5, 5.41) is 0. The summed E-state index contributed by atoms with van der Waals surface area (Å²) in [7, 11) is 0. The molecule has 0 radical (unpaired) electrons. The topological polar surface area (TPSA) is 0 Å². The molecule has 0 amide bonds. The Kier molecular flexibility index (Phi) is 16.4. The molecule has 0 aliphatic carbocycles. The third-order valence-corrected chi connectivity index (χ3v) is 0.333. The van der Waals surface area contributed by atoms with Crippen molar-refractivity contribution >= 4 is 0 Å². The van der Waals surface area contributed by atoms with Crippen molar-refractivity contribution in [2.45, 2.75) is 13.8 Å². The maximum atomic E-state index is 2.00. The molecule has 0 spiro atoms. The second-order valence-corrected chi connectivity index (χ2v) is 0.667. The van der Waals surface area contributed by atoms with Gasteiger partial charge >= 0.3 is 0 Å². The Morgan fingerprint density at radius 3 is 1.20 bits per heavy atom. The van der Waals surface area contributed by atoms with E-state index in [1.807, 2.05) is 26.0 Å². The van der Waals surface area contributed by atoms with Gasteiger partial charge in [0.15, 0.2) is 0 Å². The molecule has 0 unspecified atom stereocenters. The van der Waals surface area contributed by atoms with E-state index in [0.717, 1.165) is 0 Å². The molecule has 0 atom stereocenters. The van der Waals surface area contributed by atoms with Gasteiger partial charge in [-0.25, -0.2) is 0 Å². The summed E-state index contributed by atoms with van der Waals surface area (Å²) < 4.78 is 0. The molecule has 0 rings (SSSR count). The van der Waals surface area contributed by atoms with E-state index in [1.165, 1.54) is 0 Å². The van der Waals surface area contributed by atoms with Crippen molar-refractivity contribution < 1.29 is 31.1 Å². The Morgan fingerprint density at radius 1 is 1.00 bits per heavy atom. The number of hydrogen-bond acceptors (Lipinski definition) is 0. The van der Waals surface area contributed by atoms with Crippen LogP contribution in [0.2, 0.25) is 0 Å². The van der Waals surface area contributed by atoms with Crippen LogP contribution < -0.4 is 0 Å². The van der Waals surface area contributed by atoms with Crippen molar-refractivity contribution in [1.29, 1.82) is 0 Å². The van der Waals surface area contributed by atoms with E-state index >= 15 is 0 Å². The normalized spacial score (nSPS) is 7.60. The fourth-order valence-electron chi connectivity index (χ4n) is 0. The maximum Gasteiger partial charge on any atom is 0 e. The van der Waals surface area contributed by atoms with Gasteiger partial charge in [-0.15, -0.1) is 0 Å². The Labute approximate surface area is 57.0 Å². The van der Waals surface area contributed by atoms with Crippen molar-refractivity contribution in [2.24, 2.45) is 0 Å². The van der Waals surface area contributed by atoms with E-state index in [4.69, 9.17) is 0 Å². The van der Waals surface area contributed by atoms with E-state index in [1.54, 1.807) is 0 Å². The molecule has 0 saturated heterocycles. The zero-order valence-corrected chi connectivity index (χ0v) is 7.82. The van der Waals surface area contributed by atoms with Crippen molar-refractivity contribution in [3.05, 3.63) is 12.2 Å². The van der Waals surface area contributed by atoms with Gasteiger partial charge in [0, 0.05) is 31.1 Å². The molecule has 0 N–H and O–H groups in total. The van der Waals surface area contributed by atoms with Crippen LogP contribution in [0, 0.1) is 31.1 Å². The molecular formula is C4H8U. The summed E-state index contributed by atoms with van der Waals surface area (Å²) in [5.74, 6) is 0. The van der Waals surface area contributed by atoms with Gasteiger partial charge < -0.3 is 0 Å². The quantitative estimate of drug-likeness (QED) is 0.595. The van der Waals surface area contributed by atoms with E-state index in [-0.39, 0.29) is 31.1 Å². The summed E-state index contributed by atoms with van der Waals surface area (Å²) in [4.78, 5) is 0. The van der Waals surface area contributed by atoms with Crippen LogP contribution in [0.3, 0.4) is 0 Å². The molecule has 1 heteroatoms. The average Bonchev–Trinajstić information content (AvgIpc) is 1.37. The van der Waals surface area contributed by atoms with Crippen LogP contribution in [0.5, 0.6) is 0 Å². The molecule has 5 heavy (non-hydrogen) atoms. The zero-order chi connectivity index (χ0) is 3.41. The molecule has 0 nitrogen and oxygen atoms in total. The monoisotopic (exact) mass is 294 g/mol. The van der Waals surface area contributed by atoms with Gasteiger partial charge in [-0.05, 0) is 13.8 Å². The third kappa shape index (κ3) is 11.6. The second-order valence-electron chi connectivity index (χ2n) is 0.667. The molecule has 0 aromatic rings. The minimum absolute atomic E-state index is 0. The summed E-state index contributed by atoms with van der Waals surface area (Å²) in [6.07, 6.45) is 4.00. The Bertz CT molecular complexity index is 18.8. The SMILES string of the molecule is C/C=C\C.[U]. The summed E-state index contributed by atoms with van der Waals surface area (Å²) >= 11 is 0. The Morgan fingerprint density at radius 2 is 1.20 bits per heavy atom. The van der Waals surface area contributed by atoms with Gasteiger partial charge in [-0.1, -0.05) is 12.2 Å². The molecular weight excluding hydrogens is 286 g/mol. The van der Waals surface area contributed by atoms with Gasteiger partial charge in [0.1, 0.15) is 0 Å². The van der Waals surface area contributed by atoms with Crippen LogP contribution in [-0.2, 0) is 0 Å². The first-order chi connectivity index (χ1) is 1.91. The Balaban J connectivity index is 0. The van der Waals surface area contributed by atoms with Crippen LogP contribution in [0.15, 0.2) is 12.2 Å². The average molecular weight is 294 g/mol. The molecule has 0 aromatic carbocycles. The van der Waals surface area contributed by atoms with Gasteiger partial charge in [0.05, 0.1) is 0 Å². The molecule has 0 bridgehead atoms. The van der Waals surface area contributed by atoms with Crippen molar-refractivity contribution in [1.82, 2.24) is 0 Å². The smallest absolute Gasteiger partial charge is 0 e. The minimum Gasteiger partial charge on any atom is -0.0919 e. The predicted octanol–water partition coefficient (Wildman–Crippen LogP) is 1.58. The van der Waals surface area contributed by atoms with E-state index in [0.29, 0.717) is 0 Å². The molecule has 0 heterocycles. The first-order valence-electron chi connectivity index (χ1n) is 1.49. The standard InChI is InChI=1S/C4H8.U/c1-3-4-2;/h3-4H,1-2H3;/b4-3-;. The second kappa shape index (κ2) is 8.84. The molecule has 0 fully saturated rings. The van der Waals surface area contributed by atoms with Crippen LogP contribution in [-0.4, -0.2) is 0 Å². The number of allylic oxidation sites excluding steroid dienone is 2. The van der Waals surface area contributed by atoms with Crippen molar-refractivity contribution in [2.75, 3.05) is 0 Å². The van der Waals surface area contributed by atoms with Gasteiger partial charge in [-0.3, -0.25) is 0 Å². The van der Waals surface area contributed by atoms with Gasteiger partial charge in [0.25, 0.3) is 0 Å². The summed E-state index contributed by atoms with van der Waals surface area (Å²) in [6.45, 7) is 4.00. The van der Waals surface area contributed by atoms with Crippen LogP contribution in [0.4, 0.5) is 0 Å². The Hall–Kier alpha value is 0.792. The van der Waals surface area contributed by atoms with E-state index in [2.05, 4.69) is 0 Å². The van der Waals surface area contributed by atoms with Crippen LogP contribution >= 0.6 is 0 Å². The molecule has 0 aliphatic rings. The fraction of sp³-hybridized carbons (Fsp3) is 0.500. The molecule has 0 aliphatic heterocycles. The van der Waals surface area contributed by atoms with Gasteiger partial charge in [0.2, 0.25) is 0 Å². The van der Waals surface area contributed by atoms with Gasteiger partial charge in [-0.2, -0.15) is 0 Å². The number of hydrogen-bond donors (Lipinski definition) is 0. The summed E-state index contributed by atoms with van der Waals surface area (Å²) in [6, 6.07) is 0. The molecule has 0 aromatic heterocycles. The first-order valence-corrected chi connectivity index (χ1v) is 1.49. The zero-order valence-electron chi connectivity index (χ0n) is 3.65. The van der Waals surface area contributed by atoms with Crippen molar-refractivity contribution in [3.63, 3.8) is 0 Å². The molecule has 0 saturated carbocycles. The summed E-state index contributed by atoms with van der Waals surface area (Å²) in [5.41, 5.74) is 0. The van der Waals surface area contributed by atoms with E-state index in [9.17, 15) is 0 Å².